The van der Waals surface area contributed by atoms with E-state index in [1.807, 2.05) is 47.8 Å². The summed E-state index contributed by atoms with van der Waals surface area (Å²) >= 11 is 2.70. The minimum absolute atomic E-state index is 0.353. The molecule has 0 fully saturated rings. The smallest absolute Gasteiger partial charge is 0.350 e. The first-order valence-corrected chi connectivity index (χ1v) is 11.5. The molecular weight excluding hydrogens is 447 g/mol. The number of benzene rings is 2. The molecule has 0 saturated heterocycles. The molecule has 2 aromatic carbocycles. The number of amides is 1. The van der Waals surface area contributed by atoms with Crippen molar-refractivity contribution in [1.29, 1.82) is 0 Å². The number of halogens is 1. The van der Waals surface area contributed by atoms with Crippen LogP contribution >= 0.6 is 22.7 Å². The Bertz CT molecular complexity index is 1210. The topological polar surface area (TPSA) is 68.3 Å². The summed E-state index contributed by atoms with van der Waals surface area (Å²) < 4.78 is 18.6. The van der Waals surface area contributed by atoms with E-state index in [4.69, 9.17) is 4.74 Å². The van der Waals surface area contributed by atoms with Crippen LogP contribution in [0.4, 0.5) is 4.39 Å². The number of hydrogen-bond donors (Lipinski definition) is 1. The number of nitrogens with one attached hydrogen (secondary N) is 1. The monoisotopic (exact) mass is 466 g/mol. The molecule has 1 atom stereocenters. The van der Waals surface area contributed by atoms with Crippen molar-refractivity contribution in [2.45, 2.75) is 13.0 Å². The van der Waals surface area contributed by atoms with E-state index in [-0.39, 0.29) is 5.82 Å². The lowest BCUT2D eigenvalue weighted by Crippen LogP contribution is -2.32. The average molecular weight is 467 g/mol. The number of aryl methyl sites for hydroxylation is 1. The maximum atomic E-state index is 13.3. The molecule has 4 rings (SSSR count). The first-order chi connectivity index (χ1) is 15.5. The number of hydrogen-bond acceptors (Lipinski definition) is 6. The second kappa shape index (κ2) is 9.84. The van der Waals surface area contributed by atoms with Crippen molar-refractivity contribution in [3.8, 4) is 10.6 Å². The van der Waals surface area contributed by atoms with Crippen molar-refractivity contribution in [3.05, 3.63) is 98.9 Å². The van der Waals surface area contributed by atoms with Crippen LogP contribution in [0.5, 0.6) is 0 Å². The summed E-state index contributed by atoms with van der Waals surface area (Å²) in [5.74, 6) is -1.40. The highest BCUT2D eigenvalue weighted by Gasteiger charge is 2.21. The van der Waals surface area contributed by atoms with E-state index in [9.17, 15) is 14.0 Å². The third-order valence-corrected chi connectivity index (χ3v) is 6.80. The van der Waals surface area contributed by atoms with E-state index in [0.717, 1.165) is 16.0 Å². The molecule has 32 heavy (non-hydrogen) atoms. The van der Waals surface area contributed by atoms with Gasteiger partial charge in [-0.2, -0.15) is 0 Å². The predicted molar refractivity (Wildman–Crippen MR) is 123 cm³/mol. The molecule has 0 aliphatic heterocycles. The molecule has 0 spiro atoms. The van der Waals surface area contributed by atoms with E-state index in [1.54, 1.807) is 19.1 Å². The number of ether oxygens (including phenoxy) is 1. The third-order valence-electron chi connectivity index (χ3n) is 4.67. The standard InChI is InChI=1S/C24H19FN2O3S2/c1-15-22(32-23(26-15)17-6-3-2-4-7-17)24(29)30-14-20(28)27-21(19-8-5-13-31-19)16-9-11-18(25)12-10-16/h2-13,21H,14H2,1H3,(H,27,28). The molecule has 162 valence electrons. The first kappa shape index (κ1) is 21.9. The number of rotatable bonds is 7. The second-order valence-electron chi connectivity index (χ2n) is 6.94. The molecule has 1 N–H and O–H groups in total. The van der Waals surface area contributed by atoms with E-state index < -0.39 is 24.5 Å². The lowest BCUT2D eigenvalue weighted by Gasteiger charge is -2.18. The number of esters is 1. The van der Waals surface area contributed by atoms with Crippen molar-refractivity contribution in [2.75, 3.05) is 6.61 Å². The lowest BCUT2D eigenvalue weighted by molar-refractivity contribution is -0.124. The number of carbonyl (C=O) groups excluding carboxylic acids is 2. The van der Waals surface area contributed by atoms with Crippen LogP contribution in [0.3, 0.4) is 0 Å². The van der Waals surface area contributed by atoms with Gasteiger partial charge in [-0.3, -0.25) is 4.79 Å². The van der Waals surface area contributed by atoms with Crippen LogP contribution in [0.1, 0.15) is 31.8 Å². The van der Waals surface area contributed by atoms with Gasteiger partial charge in [0.05, 0.1) is 11.7 Å². The Hall–Kier alpha value is -3.36. The molecular formula is C24H19FN2O3S2. The van der Waals surface area contributed by atoms with Gasteiger partial charge in [0.25, 0.3) is 5.91 Å². The molecule has 0 aliphatic rings. The Kier molecular flexibility index (Phi) is 6.72. The summed E-state index contributed by atoms with van der Waals surface area (Å²) in [6.45, 7) is 1.31. The fraction of sp³-hybridized carbons (Fsp3) is 0.125. The van der Waals surface area contributed by atoms with Gasteiger partial charge in [0.1, 0.15) is 15.7 Å². The molecule has 0 radical (unpaired) electrons. The van der Waals surface area contributed by atoms with E-state index in [1.165, 1.54) is 34.8 Å². The minimum Gasteiger partial charge on any atom is -0.451 e. The number of aromatic nitrogens is 1. The zero-order valence-corrected chi connectivity index (χ0v) is 18.7. The van der Waals surface area contributed by atoms with Crippen LogP contribution in [-0.4, -0.2) is 23.5 Å². The van der Waals surface area contributed by atoms with Gasteiger partial charge in [-0.25, -0.2) is 14.2 Å². The molecule has 1 amide bonds. The molecule has 8 heteroatoms. The lowest BCUT2D eigenvalue weighted by atomic mass is 10.1. The Morgan fingerprint density at radius 1 is 1.06 bits per heavy atom. The molecule has 1 unspecified atom stereocenters. The van der Waals surface area contributed by atoms with Crippen molar-refractivity contribution in [3.63, 3.8) is 0 Å². The molecule has 2 aromatic heterocycles. The van der Waals surface area contributed by atoms with Gasteiger partial charge in [-0.05, 0) is 36.1 Å². The normalized spacial score (nSPS) is 11.7. The van der Waals surface area contributed by atoms with Gasteiger partial charge in [0, 0.05) is 10.4 Å². The number of thiophene rings is 1. The van der Waals surface area contributed by atoms with Crippen LogP contribution in [0.15, 0.2) is 72.1 Å². The summed E-state index contributed by atoms with van der Waals surface area (Å²) in [5.41, 5.74) is 2.21. The fourth-order valence-electron chi connectivity index (χ4n) is 3.12. The molecule has 2 heterocycles. The quantitative estimate of drug-likeness (QED) is 0.371. The summed E-state index contributed by atoms with van der Waals surface area (Å²) in [7, 11) is 0. The Morgan fingerprint density at radius 3 is 2.50 bits per heavy atom. The third kappa shape index (κ3) is 5.09. The highest BCUT2D eigenvalue weighted by Crippen LogP contribution is 2.29. The van der Waals surface area contributed by atoms with E-state index in [2.05, 4.69) is 10.3 Å². The van der Waals surface area contributed by atoms with Gasteiger partial charge < -0.3 is 10.1 Å². The van der Waals surface area contributed by atoms with Gasteiger partial charge >= 0.3 is 5.97 Å². The zero-order chi connectivity index (χ0) is 22.5. The number of thiazole rings is 1. The van der Waals surface area contributed by atoms with Crippen molar-refractivity contribution < 1.29 is 18.7 Å². The highest BCUT2D eigenvalue weighted by atomic mass is 32.1. The Labute approximate surface area is 192 Å². The van der Waals surface area contributed by atoms with E-state index in [0.29, 0.717) is 15.6 Å². The van der Waals surface area contributed by atoms with Gasteiger partial charge in [0.2, 0.25) is 0 Å². The molecule has 0 bridgehead atoms. The molecule has 4 aromatic rings. The largest absolute Gasteiger partial charge is 0.451 e. The van der Waals surface area contributed by atoms with Gasteiger partial charge in [-0.1, -0.05) is 48.5 Å². The Balaban J connectivity index is 1.42. The number of nitrogens with zero attached hydrogens (tertiary/aromatic N) is 1. The van der Waals surface area contributed by atoms with E-state index >= 15 is 0 Å². The average Bonchev–Trinajstić information content (AvgIpc) is 3.47. The summed E-state index contributed by atoms with van der Waals surface area (Å²) in [6, 6.07) is 18.8. The van der Waals surface area contributed by atoms with Crippen LogP contribution in [0, 0.1) is 12.7 Å². The highest BCUT2D eigenvalue weighted by molar-refractivity contribution is 7.17. The van der Waals surface area contributed by atoms with Crippen LogP contribution in [0.25, 0.3) is 10.6 Å². The summed E-state index contributed by atoms with van der Waals surface area (Å²) in [6.07, 6.45) is 0. The summed E-state index contributed by atoms with van der Waals surface area (Å²) in [4.78, 5) is 30.8. The predicted octanol–water partition coefficient (Wildman–Crippen LogP) is 5.38. The maximum Gasteiger partial charge on any atom is 0.350 e. The van der Waals surface area contributed by atoms with Crippen LogP contribution in [0.2, 0.25) is 0 Å². The van der Waals surface area contributed by atoms with Crippen molar-refractivity contribution in [1.82, 2.24) is 10.3 Å². The van der Waals surface area contributed by atoms with Crippen LogP contribution in [-0.2, 0) is 9.53 Å². The zero-order valence-electron chi connectivity index (χ0n) is 17.1. The second-order valence-corrected chi connectivity index (χ2v) is 8.92. The van der Waals surface area contributed by atoms with Crippen LogP contribution < -0.4 is 5.32 Å². The van der Waals surface area contributed by atoms with Gasteiger partial charge in [0.15, 0.2) is 6.61 Å². The first-order valence-electron chi connectivity index (χ1n) is 9.79. The molecule has 0 saturated carbocycles. The minimum atomic E-state index is -0.591. The van der Waals surface area contributed by atoms with Gasteiger partial charge in [-0.15, -0.1) is 22.7 Å². The van der Waals surface area contributed by atoms with Crippen molar-refractivity contribution in [2.24, 2.45) is 0 Å². The summed E-state index contributed by atoms with van der Waals surface area (Å²) in [5, 5.41) is 5.48. The maximum absolute atomic E-state index is 13.3. The van der Waals surface area contributed by atoms with Crippen molar-refractivity contribution >= 4 is 34.6 Å². The SMILES string of the molecule is Cc1nc(-c2ccccc2)sc1C(=O)OCC(=O)NC(c1ccc(F)cc1)c1cccs1. The Morgan fingerprint density at radius 2 is 1.81 bits per heavy atom. The molecule has 0 aliphatic carbocycles. The molecule has 5 nitrogen and oxygen atoms in total. The fourth-order valence-corrected chi connectivity index (χ4v) is 4.89. The number of carbonyl (C=O) groups is 2.